The molecule has 0 aliphatic carbocycles. The maximum atomic E-state index is 4.72. The van der Waals surface area contributed by atoms with Crippen LogP contribution in [-0.2, 0) is 0 Å². The molecule has 1 aliphatic rings. The number of hydrogen-bond acceptors (Lipinski definition) is 8. The van der Waals surface area contributed by atoms with Gasteiger partial charge in [-0.05, 0) is 18.2 Å². The van der Waals surface area contributed by atoms with E-state index >= 15 is 0 Å². The molecule has 0 aromatic carbocycles. The van der Waals surface area contributed by atoms with Crippen molar-refractivity contribution in [1.82, 2.24) is 34.9 Å². The second-order valence-electron chi connectivity index (χ2n) is 6.26. The Hall–Kier alpha value is -3.62. The largest absolute Gasteiger partial charge is 0.351 e. The Labute approximate surface area is 155 Å². The monoisotopic (exact) mass is 359 g/mol. The van der Waals surface area contributed by atoms with Gasteiger partial charge in [0.15, 0.2) is 11.5 Å². The van der Waals surface area contributed by atoms with Gasteiger partial charge in [-0.2, -0.15) is 0 Å². The molecule has 5 heterocycles. The lowest BCUT2D eigenvalue weighted by atomic mass is 10.2. The van der Waals surface area contributed by atoms with Gasteiger partial charge in [0, 0.05) is 50.3 Å². The fourth-order valence-corrected chi connectivity index (χ4v) is 3.29. The molecule has 0 amide bonds. The first-order valence-corrected chi connectivity index (χ1v) is 8.76. The van der Waals surface area contributed by atoms with E-state index in [1.807, 2.05) is 24.4 Å². The maximum Gasteiger partial charge on any atom is 0.225 e. The summed E-state index contributed by atoms with van der Waals surface area (Å²) >= 11 is 0. The van der Waals surface area contributed by atoms with Gasteiger partial charge in [0.1, 0.15) is 11.8 Å². The Kier molecular flexibility index (Phi) is 3.82. The lowest BCUT2D eigenvalue weighted by molar-refractivity contribution is 0.636. The number of aromatic nitrogens is 7. The lowest BCUT2D eigenvalue weighted by Crippen LogP contribution is -2.47. The van der Waals surface area contributed by atoms with Crippen LogP contribution in [0.5, 0.6) is 0 Å². The number of nitrogens with zero attached hydrogens (tertiary/aromatic N) is 8. The van der Waals surface area contributed by atoms with E-state index < -0.39 is 0 Å². The third-order valence-electron chi connectivity index (χ3n) is 4.67. The summed E-state index contributed by atoms with van der Waals surface area (Å²) < 4.78 is 0. The molecule has 1 N–H and O–H groups in total. The number of piperazine rings is 1. The van der Waals surface area contributed by atoms with Gasteiger partial charge in [0.05, 0.1) is 12.0 Å². The average Bonchev–Trinajstić information content (AvgIpc) is 3.24. The molecule has 4 aromatic rings. The number of rotatable bonds is 3. The number of hydrogen-bond donors (Lipinski definition) is 1. The van der Waals surface area contributed by atoms with E-state index in [4.69, 9.17) is 4.98 Å². The number of pyridine rings is 1. The molecule has 9 nitrogen and oxygen atoms in total. The summed E-state index contributed by atoms with van der Waals surface area (Å²) in [6, 6.07) is 5.82. The molecule has 1 fully saturated rings. The van der Waals surface area contributed by atoms with Crippen molar-refractivity contribution < 1.29 is 0 Å². The van der Waals surface area contributed by atoms with Gasteiger partial charge < -0.3 is 14.8 Å². The summed E-state index contributed by atoms with van der Waals surface area (Å²) in [5.41, 5.74) is 3.43. The molecule has 0 bridgehead atoms. The fraction of sp³-hybridized carbons (Fsp3) is 0.222. The van der Waals surface area contributed by atoms with Crippen molar-refractivity contribution in [2.45, 2.75) is 0 Å². The van der Waals surface area contributed by atoms with Crippen molar-refractivity contribution in [2.75, 3.05) is 36.0 Å². The van der Waals surface area contributed by atoms with Crippen LogP contribution in [0.3, 0.4) is 0 Å². The molecule has 9 heteroatoms. The van der Waals surface area contributed by atoms with E-state index in [0.29, 0.717) is 5.65 Å². The van der Waals surface area contributed by atoms with Crippen molar-refractivity contribution in [3.8, 4) is 11.3 Å². The zero-order valence-electron chi connectivity index (χ0n) is 14.5. The summed E-state index contributed by atoms with van der Waals surface area (Å²) in [5.74, 6) is 1.63. The predicted molar refractivity (Wildman–Crippen MR) is 101 cm³/mol. The maximum absolute atomic E-state index is 4.72. The molecule has 0 atom stereocenters. The van der Waals surface area contributed by atoms with Crippen LogP contribution in [0.2, 0.25) is 0 Å². The SMILES string of the molecule is c1cncc(-c2ccnc(N3CCN(c4ncnc5nc[nH]c45)CC3)n2)c1. The van der Waals surface area contributed by atoms with Crippen LogP contribution >= 0.6 is 0 Å². The van der Waals surface area contributed by atoms with Crippen LogP contribution in [0.15, 0.2) is 49.4 Å². The van der Waals surface area contributed by atoms with E-state index in [-0.39, 0.29) is 0 Å². The first-order valence-electron chi connectivity index (χ1n) is 8.76. The summed E-state index contributed by atoms with van der Waals surface area (Å²) in [4.78, 5) is 33.7. The van der Waals surface area contributed by atoms with Crippen LogP contribution in [0, 0.1) is 0 Å². The summed E-state index contributed by atoms with van der Waals surface area (Å²) in [6.07, 6.45) is 8.58. The van der Waals surface area contributed by atoms with Crippen LogP contribution in [0.4, 0.5) is 11.8 Å². The minimum atomic E-state index is 0.690. The van der Waals surface area contributed by atoms with Crippen LogP contribution in [-0.4, -0.2) is 61.1 Å². The van der Waals surface area contributed by atoms with E-state index in [0.717, 1.165) is 54.7 Å². The highest BCUT2D eigenvalue weighted by molar-refractivity contribution is 5.82. The van der Waals surface area contributed by atoms with E-state index in [9.17, 15) is 0 Å². The molecular formula is C18H17N9. The Morgan fingerprint density at radius 3 is 2.63 bits per heavy atom. The van der Waals surface area contributed by atoms with Crippen molar-refractivity contribution in [3.63, 3.8) is 0 Å². The van der Waals surface area contributed by atoms with Gasteiger partial charge >= 0.3 is 0 Å². The Morgan fingerprint density at radius 1 is 0.889 bits per heavy atom. The van der Waals surface area contributed by atoms with Gasteiger partial charge in [0.2, 0.25) is 5.95 Å². The number of H-pyrrole nitrogens is 1. The Balaban J connectivity index is 1.34. The molecule has 134 valence electrons. The summed E-state index contributed by atoms with van der Waals surface area (Å²) in [6.45, 7) is 3.28. The number of fused-ring (bicyclic) bond motifs is 1. The van der Waals surface area contributed by atoms with E-state index in [2.05, 4.69) is 39.7 Å². The van der Waals surface area contributed by atoms with Crippen molar-refractivity contribution in [3.05, 3.63) is 49.4 Å². The molecule has 1 saturated heterocycles. The molecule has 1 aliphatic heterocycles. The van der Waals surface area contributed by atoms with Gasteiger partial charge in [-0.15, -0.1) is 0 Å². The second-order valence-corrected chi connectivity index (χ2v) is 6.26. The predicted octanol–water partition coefficient (Wildman–Crippen LogP) is 1.53. The van der Waals surface area contributed by atoms with Crippen LogP contribution in [0.25, 0.3) is 22.4 Å². The lowest BCUT2D eigenvalue weighted by Gasteiger charge is -2.35. The fourth-order valence-electron chi connectivity index (χ4n) is 3.29. The number of imidazole rings is 1. The molecule has 4 aromatic heterocycles. The third-order valence-corrected chi connectivity index (χ3v) is 4.67. The quantitative estimate of drug-likeness (QED) is 0.588. The minimum Gasteiger partial charge on any atom is -0.351 e. The topological polar surface area (TPSA) is 99.6 Å². The van der Waals surface area contributed by atoms with Crippen LogP contribution in [0.1, 0.15) is 0 Å². The van der Waals surface area contributed by atoms with Gasteiger partial charge in [0.25, 0.3) is 0 Å². The summed E-state index contributed by atoms with van der Waals surface area (Å²) in [5, 5.41) is 0. The molecule has 0 radical (unpaired) electrons. The first kappa shape index (κ1) is 15.6. The van der Waals surface area contributed by atoms with Gasteiger partial charge in [-0.1, -0.05) is 0 Å². The van der Waals surface area contributed by atoms with Crippen LogP contribution < -0.4 is 9.80 Å². The normalized spacial score (nSPS) is 14.7. The van der Waals surface area contributed by atoms with Gasteiger partial charge in [-0.3, -0.25) is 4.98 Å². The highest BCUT2D eigenvalue weighted by Gasteiger charge is 2.22. The third kappa shape index (κ3) is 2.92. The van der Waals surface area contributed by atoms with Gasteiger partial charge in [-0.25, -0.2) is 24.9 Å². The van der Waals surface area contributed by atoms with E-state index in [1.165, 1.54) is 0 Å². The zero-order valence-corrected chi connectivity index (χ0v) is 14.5. The minimum absolute atomic E-state index is 0.690. The number of anilines is 2. The smallest absolute Gasteiger partial charge is 0.225 e. The standard InChI is InChI=1S/C18H17N9/c1-2-13(10-19-4-1)14-3-5-20-18(25-14)27-8-6-26(7-9-27)17-15-16(22-11-21-15)23-12-24-17/h1-5,10-12H,6-9H2,(H,21,22,23,24). The molecular weight excluding hydrogens is 342 g/mol. The molecule has 27 heavy (non-hydrogen) atoms. The highest BCUT2D eigenvalue weighted by Crippen LogP contribution is 2.23. The number of aromatic amines is 1. The Morgan fingerprint density at radius 2 is 1.78 bits per heavy atom. The van der Waals surface area contributed by atoms with Crippen molar-refractivity contribution in [2.24, 2.45) is 0 Å². The first-order chi connectivity index (χ1) is 13.4. The molecule has 0 saturated carbocycles. The van der Waals surface area contributed by atoms with E-state index in [1.54, 1.807) is 25.0 Å². The molecule has 5 rings (SSSR count). The average molecular weight is 359 g/mol. The van der Waals surface area contributed by atoms with Crippen molar-refractivity contribution in [1.29, 1.82) is 0 Å². The molecule has 0 spiro atoms. The Bertz CT molecular complexity index is 1050. The van der Waals surface area contributed by atoms with Crippen molar-refractivity contribution >= 4 is 22.9 Å². The highest BCUT2D eigenvalue weighted by atomic mass is 15.3. The summed E-state index contributed by atoms with van der Waals surface area (Å²) in [7, 11) is 0. The molecule has 0 unspecified atom stereocenters. The number of nitrogens with one attached hydrogen (secondary N) is 1. The second kappa shape index (κ2) is 6.60. The zero-order chi connectivity index (χ0) is 18.1.